The van der Waals surface area contributed by atoms with Crippen molar-refractivity contribution in [3.05, 3.63) is 42.2 Å². The van der Waals surface area contributed by atoms with Crippen LogP contribution in [0.3, 0.4) is 0 Å². The van der Waals surface area contributed by atoms with Crippen LogP contribution >= 0.6 is 0 Å². The van der Waals surface area contributed by atoms with Gasteiger partial charge in [0, 0.05) is 13.1 Å². The summed E-state index contributed by atoms with van der Waals surface area (Å²) in [5.41, 5.74) is 0.951. The number of aromatic nitrogens is 3. The highest BCUT2D eigenvalue weighted by Crippen LogP contribution is 2.26. The molecule has 0 aliphatic carbocycles. The van der Waals surface area contributed by atoms with Gasteiger partial charge in [-0.3, -0.25) is 0 Å². The molecule has 7 heteroatoms. The van der Waals surface area contributed by atoms with Gasteiger partial charge in [-0.15, -0.1) is 0 Å². The van der Waals surface area contributed by atoms with Gasteiger partial charge in [-0.25, -0.2) is 8.42 Å². The van der Waals surface area contributed by atoms with Crippen molar-refractivity contribution in [1.82, 2.24) is 19.3 Å². The number of aryl methyl sites for hydroxylation is 1. The number of hydrogen-bond acceptors (Lipinski definition) is 4. The van der Waals surface area contributed by atoms with Crippen LogP contribution in [0, 0.1) is 6.92 Å². The van der Waals surface area contributed by atoms with Crippen molar-refractivity contribution in [2.24, 2.45) is 0 Å². The zero-order chi connectivity index (χ0) is 14.9. The van der Waals surface area contributed by atoms with Gasteiger partial charge in [0.2, 0.25) is 10.0 Å². The Kier molecular flexibility index (Phi) is 3.77. The van der Waals surface area contributed by atoms with E-state index in [1.165, 1.54) is 0 Å². The number of hydrogen-bond donors (Lipinski definition) is 0. The molecule has 0 amide bonds. The minimum Gasteiger partial charge on any atom is -0.207 e. The highest BCUT2D eigenvalue weighted by Gasteiger charge is 2.30. The zero-order valence-corrected chi connectivity index (χ0v) is 12.7. The molecule has 112 valence electrons. The number of benzene rings is 1. The molecule has 0 N–H and O–H groups in total. The Morgan fingerprint density at radius 2 is 1.81 bits per heavy atom. The van der Waals surface area contributed by atoms with Crippen molar-refractivity contribution >= 4 is 10.0 Å². The first kappa shape index (κ1) is 14.2. The van der Waals surface area contributed by atoms with Gasteiger partial charge in [0.1, 0.15) is 0 Å². The third-order valence-electron chi connectivity index (χ3n) is 3.81. The van der Waals surface area contributed by atoms with E-state index in [9.17, 15) is 8.42 Å². The third kappa shape index (κ3) is 2.84. The van der Waals surface area contributed by atoms with E-state index in [-0.39, 0.29) is 6.04 Å². The molecule has 0 radical (unpaired) electrons. The van der Waals surface area contributed by atoms with Gasteiger partial charge in [0.05, 0.1) is 23.3 Å². The second-order valence-electron chi connectivity index (χ2n) is 5.30. The maximum absolute atomic E-state index is 12.6. The average molecular weight is 306 g/mol. The van der Waals surface area contributed by atoms with E-state index < -0.39 is 10.0 Å². The molecule has 0 bridgehead atoms. The van der Waals surface area contributed by atoms with E-state index >= 15 is 0 Å². The summed E-state index contributed by atoms with van der Waals surface area (Å²) in [6.07, 6.45) is 4.77. The predicted octanol–water partition coefficient (Wildman–Crippen LogP) is 1.61. The zero-order valence-electron chi connectivity index (χ0n) is 11.9. The lowest BCUT2D eigenvalue weighted by Gasteiger charge is -2.30. The Balaban J connectivity index is 1.74. The Labute approximate surface area is 124 Å². The largest absolute Gasteiger partial charge is 0.243 e. The molecule has 0 saturated carbocycles. The molecule has 1 aromatic carbocycles. The van der Waals surface area contributed by atoms with E-state index in [1.54, 1.807) is 39.7 Å². The van der Waals surface area contributed by atoms with Crippen LogP contribution in [0.2, 0.25) is 0 Å². The van der Waals surface area contributed by atoms with E-state index in [4.69, 9.17) is 0 Å². The first-order valence-electron chi connectivity index (χ1n) is 7.00. The second kappa shape index (κ2) is 5.57. The van der Waals surface area contributed by atoms with E-state index in [0.29, 0.717) is 18.0 Å². The molecule has 2 heterocycles. The molecule has 1 aliphatic heterocycles. The molecule has 0 atom stereocenters. The molecule has 21 heavy (non-hydrogen) atoms. The summed E-state index contributed by atoms with van der Waals surface area (Å²) in [6.45, 7) is 2.90. The van der Waals surface area contributed by atoms with Crippen molar-refractivity contribution in [3.63, 3.8) is 0 Å². The minimum absolute atomic E-state index is 0.184. The Morgan fingerprint density at radius 3 is 2.43 bits per heavy atom. The third-order valence-corrected chi connectivity index (χ3v) is 5.71. The number of sulfonamides is 1. The van der Waals surface area contributed by atoms with Crippen molar-refractivity contribution in [1.29, 1.82) is 0 Å². The number of piperidine rings is 1. The number of nitrogens with zero attached hydrogens (tertiary/aromatic N) is 4. The Bertz CT molecular complexity index is 704. The fourth-order valence-corrected chi connectivity index (χ4v) is 4.23. The van der Waals surface area contributed by atoms with Crippen LogP contribution in [0.25, 0.3) is 0 Å². The van der Waals surface area contributed by atoms with Crippen LogP contribution in [-0.4, -0.2) is 40.8 Å². The fraction of sp³-hybridized carbons (Fsp3) is 0.429. The molecule has 3 rings (SSSR count). The van der Waals surface area contributed by atoms with Gasteiger partial charge in [-0.2, -0.15) is 19.3 Å². The van der Waals surface area contributed by atoms with E-state index in [0.717, 1.165) is 18.4 Å². The maximum Gasteiger partial charge on any atom is 0.243 e. The van der Waals surface area contributed by atoms with Crippen molar-refractivity contribution in [2.45, 2.75) is 30.7 Å². The summed E-state index contributed by atoms with van der Waals surface area (Å²) in [7, 11) is -3.39. The first-order valence-corrected chi connectivity index (χ1v) is 8.44. The monoisotopic (exact) mass is 306 g/mol. The maximum atomic E-state index is 12.6. The quantitative estimate of drug-likeness (QED) is 0.864. The summed E-state index contributed by atoms with van der Waals surface area (Å²) < 4.78 is 26.8. The van der Waals surface area contributed by atoms with Crippen LogP contribution in [0.5, 0.6) is 0 Å². The highest BCUT2D eigenvalue weighted by atomic mass is 32.2. The molecule has 6 nitrogen and oxygen atoms in total. The van der Waals surface area contributed by atoms with Crippen molar-refractivity contribution < 1.29 is 8.42 Å². The molecular weight excluding hydrogens is 288 g/mol. The lowest BCUT2D eigenvalue weighted by molar-refractivity contribution is 0.245. The fourth-order valence-electron chi connectivity index (χ4n) is 2.65. The normalized spacial score (nSPS) is 18.0. The van der Waals surface area contributed by atoms with Crippen LogP contribution in [-0.2, 0) is 10.0 Å². The SMILES string of the molecule is Cc1cccc(S(=O)(=O)N2CCC(n3nccn3)CC2)c1. The molecule has 0 spiro atoms. The van der Waals surface area contributed by atoms with Gasteiger partial charge in [0.25, 0.3) is 0 Å². The van der Waals surface area contributed by atoms with Gasteiger partial charge in [-0.05, 0) is 37.5 Å². The molecule has 1 aliphatic rings. The lowest BCUT2D eigenvalue weighted by atomic mass is 10.1. The lowest BCUT2D eigenvalue weighted by Crippen LogP contribution is -2.39. The summed E-state index contributed by atoms with van der Waals surface area (Å²) in [6, 6.07) is 7.24. The van der Waals surface area contributed by atoms with Crippen molar-refractivity contribution in [2.75, 3.05) is 13.1 Å². The van der Waals surface area contributed by atoms with Gasteiger partial charge >= 0.3 is 0 Å². The summed E-state index contributed by atoms with van der Waals surface area (Å²) >= 11 is 0. The summed E-state index contributed by atoms with van der Waals surface area (Å²) in [5.74, 6) is 0. The van der Waals surface area contributed by atoms with Crippen LogP contribution < -0.4 is 0 Å². The second-order valence-corrected chi connectivity index (χ2v) is 7.24. The van der Waals surface area contributed by atoms with E-state index in [2.05, 4.69) is 10.2 Å². The van der Waals surface area contributed by atoms with Gasteiger partial charge in [0.15, 0.2) is 0 Å². The van der Waals surface area contributed by atoms with Gasteiger partial charge < -0.3 is 0 Å². The first-order chi connectivity index (χ1) is 10.1. The van der Waals surface area contributed by atoms with Crippen molar-refractivity contribution in [3.8, 4) is 0 Å². The summed E-state index contributed by atoms with van der Waals surface area (Å²) in [5, 5.41) is 8.27. The molecule has 1 fully saturated rings. The number of rotatable bonds is 3. The standard InChI is InChI=1S/C14H18N4O2S/c1-12-3-2-4-14(11-12)21(19,20)17-9-5-13(6-10-17)18-15-7-8-16-18/h2-4,7-8,11,13H,5-6,9-10H2,1H3. The molecule has 2 aromatic rings. The Hall–Kier alpha value is -1.73. The van der Waals surface area contributed by atoms with Crippen LogP contribution in [0.15, 0.2) is 41.6 Å². The molecule has 1 aromatic heterocycles. The smallest absolute Gasteiger partial charge is 0.207 e. The topological polar surface area (TPSA) is 68.1 Å². The summed E-state index contributed by atoms with van der Waals surface area (Å²) in [4.78, 5) is 2.05. The molecular formula is C14H18N4O2S. The molecule has 1 saturated heterocycles. The van der Waals surface area contributed by atoms with Crippen LogP contribution in [0.1, 0.15) is 24.4 Å². The van der Waals surface area contributed by atoms with E-state index in [1.807, 2.05) is 13.0 Å². The Morgan fingerprint density at radius 1 is 1.14 bits per heavy atom. The minimum atomic E-state index is -3.39. The molecule has 0 unspecified atom stereocenters. The predicted molar refractivity (Wildman–Crippen MR) is 78.2 cm³/mol. The van der Waals surface area contributed by atoms with Gasteiger partial charge in [-0.1, -0.05) is 12.1 Å². The van der Waals surface area contributed by atoms with Crippen LogP contribution in [0.4, 0.5) is 0 Å². The highest BCUT2D eigenvalue weighted by molar-refractivity contribution is 7.89. The average Bonchev–Trinajstić information content (AvgIpc) is 3.02.